The van der Waals surface area contributed by atoms with Gasteiger partial charge in [0.05, 0.1) is 18.1 Å². The standard InChI is InChI=1S/C13H16N2O8S2/c1-6(23-25(20,21)22)10-8-5-9(24-4-3-14-7(2)16)11(13(18)19)15(8)12(10)17/h3-4,6,8,10H,5H2,1-2H3,(H,14,16)(H,18,19)(H,20,21,22)/b4-3+/t6?,8?,10-/m0/s1. The molecule has 25 heavy (non-hydrogen) atoms. The number of fused-ring (bicyclic) bond motifs is 1. The number of hydrogen-bond donors (Lipinski definition) is 3. The van der Waals surface area contributed by atoms with Gasteiger partial charge in [-0.2, -0.15) is 8.42 Å². The van der Waals surface area contributed by atoms with Crippen LogP contribution in [0.5, 0.6) is 0 Å². The molecule has 2 unspecified atom stereocenters. The van der Waals surface area contributed by atoms with E-state index in [1.54, 1.807) is 0 Å². The lowest BCUT2D eigenvalue weighted by atomic mass is 9.83. The number of amides is 2. The molecule has 0 spiro atoms. The molecule has 0 aromatic heterocycles. The van der Waals surface area contributed by atoms with Crippen LogP contribution < -0.4 is 5.32 Å². The van der Waals surface area contributed by atoms with Crippen molar-refractivity contribution in [2.75, 3.05) is 0 Å². The number of carboxylic acids is 1. The molecule has 0 aromatic rings. The summed E-state index contributed by atoms with van der Waals surface area (Å²) in [5.41, 5.74) is -0.178. The van der Waals surface area contributed by atoms with Crippen molar-refractivity contribution in [3.63, 3.8) is 0 Å². The van der Waals surface area contributed by atoms with Gasteiger partial charge in [-0.15, -0.1) is 0 Å². The fourth-order valence-electron chi connectivity index (χ4n) is 2.84. The van der Waals surface area contributed by atoms with Crippen LogP contribution in [0.25, 0.3) is 0 Å². The van der Waals surface area contributed by atoms with Crippen molar-refractivity contribution in [3.05, 3.63) is 22.2 Å². The number of nitrogens with one attached hydrogen (secondary N) is 1. The topological polar surface area (TPSA) is 150 Å². The van der Waals surface area contributed by atoms with Gasteiger partial charge in [0.2, 0.25) is 11.8 Å². The summed E-state index contributed by atoms with van der Waals surface area (Å²) in [6.07, 6.45) is 0.420. The zero-order valence-electron chi connectivity index (χ0n) is 13.2. The number of carboxylic acid groups (broad SMARTS) is 1. The molecule has 1 fully saturated rings. The average molecular weight is 392 g/mol. The third-order valence-electron chi connectivity index (χ3n) is 3.71. The first kappa shape index (κ1) is 19.4. The van der Waals surface area contributed by atoms with Crippen LogP contribution in [-0.2, 0) is 29.0 Å². The van der Waals surface area contributed by atoms with Gasteiger partial charge in [0.25, 0.3) is 0 Å². The van der Waals surface area contributed by atoms with E-state index in [9.17, 15) is 27.9 Å². The molecule has 0 bridgehead atoms. The fourth-order valence-corrected chi connectivity index (χ4v) is 4.21. The molecular weight excluding hydrogens is 376 g/mol. The van der Waals surface area contributed by atoms with E-state index in [2.05, 4.69) is 9.50 Å². The molecule has 3 N–H and O–H groups in total. The van der Waals surface area contributed by atoms with E-state index in [0.29, 0.717) is 4.91 Å². The minimum atomic E-state index is -4.72. The highest BCUT2D eigenvalue weighted by Gasteiger charge is 2.57. The van der Waals surface area contributed by atoms with Gasteiger partial charge in [-0.1, -0.05) is 11.8 Å². The number of hydrogen-bond acceptors (Lipinski definition) is 7. The molecule has 1 saturated heterocycles. The lowest BCUT2D eigenvalue weighted by Crippen LogP contribution is -2.62. The van der Waals surface area contributed by atoms with E-state index in [0.717, 1.165) is 16.7 Å². The van der Waals surface area contributed by atoms with Crippen LogP contribution in [0, 0.1) is 5.92 Å². The maximum absolute atomic E-state index is 12.2. The van der Waals surface area contributed by atoms with Crippen molar-refractivity contribution >= 4 is 39.9 Å². The molecule has 0 aromatic carbocycles. The molecule has 3 atom stereocenters. The Morgan fingerprint density at radius 2 is 2.12 bits per heavy atom. The molecule has 12 heteroatoms. The summed E-state index contributed by atoms with van der Waals surface area (Å²) in [5.74, 6) is -3.03. The van der Waals surface area contributed by atoms with Crippen LogP contribution in [-0.4, -0.2) is 52.9 Å². The van der Waals surface area contributed by atoms with E-state index >= 15 is 0 Å². The number of carbonyl (C=O) groups is 3. The Labute approximate surface area is 147 Å². The summed E-state index contributed by atoms with van der Waals surface area (Å²) in [6, 6.07) is -0.563. The highest BCUT2D eigenvalue weighted by atomic mass is 32.3. The summed E-state index contributed by atoms with van der Waals surface area (Å²) >= 11 is 1.04. The number of thioether (sulfide) groups is 1. The Morgan fingerprint density at radius 3 is 2.64 bits per heavy atom. The Kier molecular flexibility index (Phi) is 5.56. The predicted octanol–water partition coefficient (Wildman–Crippen LogP) is 0.0617. The first-order chi connectivity index (χ1) is 11.5. The molecule has 2 rings (SSSR count). The van der Waals surface area contributed by atoms with Gasteiger partial charge in [0.15, 0.2) is 0 Å². The van der Waals surface area contributed by atoms with E-state index in [1.807, 2.05) is 0 Å². The van der Waals surface area contributed by atoms with Gasteiger partial charge in [0.1, 0.15) is 5.70 Å². The molecule has 0 saturated carbocycles. The second kappa shape index (κ2) is 7.15. The first-order valence-electron chi connectivity index (χ1n) is 7.07. The maximum atomic E-state index is 12.2. The van der Waals surface area contributed by atoms with Crippen molar-refractivity contribution in [1.29, 1.82) is 0 Å². The van der Waals surface area contributed by atoms with Gasteiger partial charge in [0, 0.05) is 24.4 Å². The number of nitrogens with zero attached hydrogens (tertiary/aromatic N) is 1. The van der Waals surface area contributed by atoms with Crippen molar-refractivity contribution in [2.24, 2.45) is 5.92 Å². The molecule has 10 nitrogen and oxygen atoms in total. The normalized spacial score (nSPS) is 24.3. The molecule has 2 heterocycles. The highest BCUT2D eigenvalue weighted by Crippen LogP contribution is 2.47. The summed E-state index contributed by atoms with van der Waals surface area (Å²) < 4.78 is 34.8. The minimum Gasteiger partial charge on any atom is -0.477 e. The molecule has 2 aliphatic heterocycles. The van der Waals surface area contributed by atoms with E-state index in [4.69, 9.17) is 4.55 Å². The van der Waals surface area contributed by atoms with Gasteiger partial charge in [-0.25, -0.2) is 8.98 Å². The lowest BCUT2D eigenvalue weighted by molar-refractivity contribution is -0.160. The Balaban J connectivity index is 2.14. The second-order valence-electron chi connectivity index (χ2n) is 5.43. The quantitative estimate of drug-likeness (QED) is 0.403. The molecule has 138 valence electrons. The van der Waals surface area contributed by atoms with Gasteiger partial charge >= 0.3 is 16.4 Å². The molecular formula is C13H16N2O8S2. The monoisotopic (exact) mass is 392 g/mol. The molecule has 2 aliphatic rings. The summed E-state index contributed by atoms with van der Waals surface area (Å²) in [5, 5.41) is 13.2. The van der Waals surface area contributed by atoms with Crippen LogP contribution in [0.4, 0.5) is 0 Å². The first-order valence-corrected chi connectivity index (χ1v) is 9.31. The number of carbonyl (C=O) groups excluding carboxylic acids is 2. The van der Waals surface area contributed by atoms with Crippen molar-refractivity contribution < 1.29 is 36.6 Å². The van der Waals surface area contributed by atoms with Crippen LogP contribution >= 0.6 is 11.8 Å². The lowest BCUT2D eigenvalue weighted by Gasteiger charge is -2.45. The van der Waals surface area contributed by atoms with Crippen LogP contribution in [0.1, 0.15) is 20.3 Å². The third kappa shape index (κ3) is 4.21. The second-order valence-corrected chi connectivity index (χ2v) is 7.48. The van der Waals surface area contributed by atoms with E-state index in [-0.39, 0.29) is 18.0 Å². The van der Waals surface area contributed by atoms with Crippen LogP contribution in [0.3, 0.4) is 0 Å². The molecule has 0 aliphatic carbocycles. The van der Waals surface area contributed by atoms with Crippen molar-refractivity contribution in [2.45, 2.75) is 32.4 Å². The smallest absolute Gasteiger partial charge is 0.397 e. The number of aliphatic carboxylic acids is 1. The predicted molar refractivity (Wildman–Crippen MR) is 86.0 cm³/mol. The summed E-state index contributed by atoms with van der Waals surface area (Å²) in [7, 11) is -4.72. The van der Waals surface area contributed by atoms with Gasteiger partial charge in [-0.05, 0) is 12.3 Å². The van der Waals surface area contributed by atoms with E-state index < -0.39 is 40.3 Å². The third-order valence-corrected chi connectivity index (χ3v) is 5.18. The Hall–Kier alpha value is -1.89. The average Bonchev–Trinajstić information content (AvgIpc) is 2.76. The zero-order chi connectivity index (χ0) is 18.9. The summed E-state index contributed by atoms with van der Waals surface area (Å²) in [4.78, 5) is 36.0. The summed E-state index contributed by atoms with van der Waals surface area (Å²) in [6.45, 7) is 2.63. The highest BCUT2D eigenvalue weighted by molar-refractivity contribution is 8.05. The molecule has 2 amide bonds. The minimum absolute atomic E-state index is 0.178. The fraction of sp³-hybridized carbons (Fsp3) is 0.462. The number of rotatable bonds is 7. The molecule has 0 radical (unpaired) electrons. The number of β-lactam (4-membered cyclic amide) rings is 1. The SMILES string of the molecule is CC(=O)N/C=C/SC1=C(C(=O)O)N2C(=O)[C@@H](C(C)OS(=O)(=O)O)C2C1. The van der Waals surface area contributed by atoms with Crippen LogP contribution in [0.15, 0.2) is 22.2 Å². The Bertz CT molecular complexity index is 773. The van der Waals surface area contributed by atoms with Crippen LogP contribution in [0.2, 0.25) is 0 Å². The van der Waals surface area contributed by atoms with Gasteiger partial charge < -0.3 is 15.3 Å². The van der Waals surface area contributed by atoms with Crippen molar-refractivity contribution in [3.8, 4) is 0 Å². The van der Waals surface area contributed by atoms with E-state index in [1.165, 1.54) is 25.5 Å². The van der Waals surface area contributed by atoms with Gasteiger partial charge in [-0.3, -0.25) is 14.1 Å². The zero-order valence-corrected chi connectivity index (χ0v) is 14.8. The largest absolute Gasteiger partial charge is 0.477 e. The Morgan fingerprint density at radius 1 is 1.48 bits per heavy atom. The van der Waals surface area contributed by atoms with Crippen molar-refractivity contribution in [1.82, 2.24) is 10.2 Å². The maximum Gasteiger partial charge on any atom is 0.397 e.